The van der Waals surface area contributed by atoms with Crippen LogP contribution >= 0.6 is 11.6 Å². The number of cyclic esters (lactones) is 1. The van der Waals surface area contributed by atoms with Gasteiger partial charge in [-0.25, -0.2) is 9.78 Å². The van der Waals surface area contributed by atoms with Gasteiger partial charge in [0.25, 0.3) is 0 Å². The molecular weight excluding hydrogens is 211 g/mol. The zero-order valence-corrected chi connectivity index (χ0v) is 7.71. The Bertz CT molecular complexity index is 386. The molecule has 74 valence electrons. The van der Waals surface area contributed by atoms with Gasteiger partial charge >= 0.3 is 6.09 Å². The van der Waals surface area contributed by atoms with Gasteiger partial charge in [-0.2, -0.15) is 4.39 Å². The highest BCUT2D eigenvalue weighted by Crippen LogP contribution is 2.22. The SMILES string of the molecule is O=C1NC(c2cc(Cl)cnc2F)CO1. The number of carbonyl (C=O) groups is 1. The Morgan fingerprint density at radius 3 is 3.14 bits per heavy atom. The molecule has 1 aromatic heterocycles. The van der Waals surface area contributed by atoms with Crippen molar-refractivity contribution in [3.05, 3.63) is 28.8 Å². The van der Waals surface area contributed by atoms with Crippen LogP contribution < -0.4 is 5.32 Å². The molecular formula is C8H6ClFN2O2. The quantitative estimate of drug-likeness (QED) is 0.727. The molecule has 0 spiro atoms. The molecule has 1 aliphatic rings. The van der Waals surface area contributed by atoms with Crippen LogP contribution in [0.3, 0.4) is 0 Å². The summed E-state index contributed by atoms with van der Waals surface area (Å²) in [4.78, 5) is 14.2. The van der Waals surface area contributed by atoms with Crippen molar-refractivity contribution in [2.45, 2.75) is 6.04 Å². The minimum atomic E-state index is -0.648. The van der Waals surface area contributed by atoms with Gasteiger partial charge in [0, 0.05) is 11.8 Å². The first kappa shape index (κ1) is 9.21. The lowest BCUT2D eigenvalue weighted by Crippen LogP contribution is -2.19. The summed E-state index contributed by atoms with van der Waals surface area (Å²) in [5.41, 5.74) is 0.239. The number of alkyl carbamates (subject to hydrolysis) is 1. The van der Waals surface area contributed by atoms with Crippen molar-refractivity contribution in [2.75, 3.05) is 6.61 Å². The van der Waals surface area contributed by atoms with Gasteiger partial charge in [-0.05, 0) is 6.07 Å². The van der Waals surface area contributed by atoms with Gasteiger partial charge in [-0.3, -0.25) is 0 Å². The zero-order valence-electron chi connectivity index (χ0n) is 6.96. The molecule has 4 nitrogen and oxygen atoms in total. The predicted molar refractivity (Wildman–Crippen MR) is 46.4 cm³/mol. The van der Waals surface area contributed by atoms with E-state index in [0.29, 0.717) is 5.02 Å². The van der Waals surface area contributed by atoms with Gasteiger partial charge in [0.05, 0.1) is 11.1 Å². The molecule has 1 saturated heterocycles. The summed E-state index contributed by atoms with van der Waals surface area (Å²) in [7, 11) is 0. The van der Waals surface area contributed by atoms with Gasteiger partial charge in [0.15, 0.2) is 0 Å². The van der Waals surface area contributed by atoms with E-state index in [1.165, 1.54) is 12.3 Å². The van der Waals surface area contributed by atoms with E-state index in [0.717, 1.165) is 0 Å². The molecule has 1 N–H and O–H groups in total. The number of rotatable bonds is 1. The Balaban J connectivity index is 2.31. The number of nitrogens with one attached hydrogen (secondary N) is 1. The molecule has 1 aliphatic heterocycles. The van der Waals surface area contributed by atoms with Crippen LogP contribution in [0.1, 0.15) is 11.6 Å². The van der Waals surface area contributed by atoms with Crippen LogP contribution in [-0.2, 0) is 4.74 Å². The maximum absolute atomic E-state index is 13.2. The third kappa shape index (κ3) is 1.63. The molecule has 0 aromatic carbocycles. The lowest BCUT2D eigenvalue weighted by atomic mass is 10.1. The highest BCUT2D eigenvalue weighted by Gasteiger charge is 2.26. The predicted octanol–water partition coefficient (Wildman–Crippen LogP) is 1.66. The van der Waals surface area contributed by atoms with Crippen LogP contribution in [0, 0.1) is 5.95 Å². The maximum atomic E-state index is 13.2. The van der Waals surface area contributed by atoms with Crippen LogP contribution in [-0.4, -0.2) is 17.7 Å². The van der Waals surface area contributed by atoms with E-state index >= 15 is 0 Å². The molecule has 0 aliphatic carbocycles. The summed E-state index contributed by atoms with van der Waals surface area (Å²) in [6.45, 7) is 0.0950. The van der Waals surface area contributed by atoms with E-state index in [9.17, 15) is 9.18 Å². The Morgan fingerprint density at radius 1 is 1.71 bits per heavy atom. The van der Waals surface area contributed by atoms with Crippen LogP contribution in [0.5, 0.6) is 0 Å². The summed E-state index contributed by atoms with van der Waals surface area (Å²) < 4.78 is 17.8. The molecule has 2 heterocycles. The molecule has 0 saturated carbocycles. The van der Waals surface area contributed by atoms with Gasteiger partial charge in [0.2, 0.25) is 5.95 Å². The number of aromatic nitrogens is 1. The molecule has 1 atom stereocenters. The topological polar surface area (TPSA) is 51.2 Å². The van der Waals surface area contributed by atoms with Crippen LogP contribution in [0.4, 0.5) is 9.18 Å². The minimum Gasteiger partial charge on any atom is -0.447 e. The van der Waals surface area contributed by atoms with Gasteiger partial charge < -0.3 is 10.1 Å². The third-order valence-electron chi connectivity index (χ3n) is 1.88. The fraction of sp³-hybridized carbons (Fsp3) is 0.250. The van der Waals surface area contributed by atoms with E-state index in [2.05, 4.69) is 15.0 Å². The van der Waals surface area contributed by atoms with Crippen LogP contribution in [0.2, 0.25) is 5.02 Å². The number of hydrogen-bond acceptors (Lipinski definition) is 3. The lowest BCUT2D eigenvalue weighted by molar-refractivity contribution is 0.176. The third-order valence-corrected chi connectivity index (χ3v) is 2.09. The molecule has 0 radical (unpaired) electrons. The summed E-state index contributed by atoms with van der Waals surface area (Å²) in [6.07, 6.45) is 0.646. The smallest absolute Gasteiger partial charge is 0.407 e. The molecule has 1 aromatic rings. The zero-order chi connectivity index (χ0) is 10.1. The highest BCUT2D eigenvalue weighted by atomic mass is 35.5. The molecule has 6 heteroatoms. The number of amides is 1. The van der Waals surface area contributed by atoms with Gasteiger partial charge in [-0.15, -0.1) is 0 Å². The van der Waals surface area contributed by atoms with Crippen molar-refractivity contribution < 1.29 is 13.9 Å². The molecule has 0 bridgehead atoms. The Kier molecular flexibility index (Phi) is 2.25. The average Bonchev–Trinajstić information content (AvgIpc) is 2.56. The van der Waals surface area contributed by atoms with E-state index in [-0.39, 0.29) is 12.2 Å². The number of pyridine rings is 1. The minimum absolute atomic E-state index is 0.0950. The molecule has 1 fully saturated rings. The van der Waals surface area contributed by atoms with Crippen molar-refractivity contribution in [3.63, 3.8) is 0 Å². The van der Waals surface area contributed by atoms with E-state index in [1.54, 1.807) is 0 Å². The summed E-state index contributed by atoms with van der Waals surface area (Å²) in [6, 6.07) is 0.914. The normalized spacial score (nSPS) is 20.4. The number of nitrogens with zero attached hydrogens (tertiary/aromatic N) is 1. The summed E-state index contributed by atoms with van der Waals surface area (Å²) in [5, 5.41) is 2.76. The lowest BCUT2D eigenvalue weighted by Gasteiger charge is -2.07. The van der Waals surface area contributed by atoms with Gasteiger partial charge in [0.1, 0.15) is 6.61 Å². The van der Waals surface area contributed by atoms with Crippen molar-refractivity contribution in [2.24, 2.45) is 0 Å². The van der Waals surface area contributed by atoms with E-state index in [1.807, 2.05) is 0 Å². The van der Waals surface area contributed by atoms with Crippen molar-refractivity contribution >= 4 is 17.7 Å². The first-order valence-electron chi connectivity index (χ1n) is 3.91. The van der Waals surface area contributed by atoms with Crippen molar-refractivity contribution in [3.8, 4) is 0 Å². The number of carbonyl (C=O) groups excluding carboxylic acids is 1. The average molecular weight is 217 g/mol. The van der Waals surface area contributed by atoms with E-state index < -0.39 is 18.1 Å². The standard InChI is InChI=1S/C8H6ClFN2O2/c9-4-1-5(7(10)11-2-4)6-3-14-8(13)12-6/h1-2,6H,3H2,(H,12,13). The number of halogens is 2. The van der Waals surface area contributed by atoms with Crippen molar-refractivity contribution in [1.29, 1.82) is 0 Å². The second kappa shape index (κ2) is 3.42. The first-order valence-corrected chi connectivity index (χ1v) is 4.29. The number of ether oxygens (including phenoxy) is 1. The second-order valence-electron chi connectivity index (χ2n) is 2.83. The Labute approximate surface area is 84.0 Å². The summed E-state index contributed by atoms with van der Waals surface area (Å²) in [5.74, 6) is -0.648. The molecule has 14 heavy (non-hydrogen) atoms. The first-order chi connectivity index (χ1) is 6.66. The Hall–Kier alpha value is -1.36. The highest BCUT2D eigenvalue weighted by molar-refractivity contribution is 6.30. The molecule has 1 unspecified atom stereocenters. The van der Waals surface area contributed by atoms with Crippen LogP contribution in [0.15, 0.2) is 12.3 Å². The fourth-order valence-corrected chi connectivity index (χ4v) is 1.40. The second-order valence-corrected chi connectivity index (χ2v) is 3.27. The largest absolute Gasteiger partial charge is 0.447 e. The van der Waals surface area contributed by atoms with Crippen molar-refractivity contribution in [1.82, 2.24) is 10.3 Å². The van der Waals surface area contributed by atoms with Gasteiger partial charge in [-0.1, -0.05) is 11.6 Å². The number of hydrogen-bond donors (Lipinski definition) is 1. The molecule has 1 amide bonds. The molecule has 2 rings (SSSR count). The Morgan fingerprint density at radius 2 is 2.50 bits per heavy atom. The monoisotopic (exact) mass is 216 g/mol. The van der Waals surface area contributed by atoms with Crippen LogP contribution in [0.25, 0.3) is 0 Å². The fourth-order valence-electron chi connectivity index (χ4n) is 1.23. The van der Waals surface area contributed by atoms with E-state index in [4.69, 9.17) is 11.6 Å². The summed E-state index contributed by atoms with van der Waals surface area (Å²) >= 11 is 5.65. The maximum Gasteiger partial charge on any atom is 0.407 e.